The van der Waals surface area contributed by atoms with Crippen molar-refractivity contribution in [3.8, 4) is 22.9 Å². The normalized spacial score (nSPS) is 16.1. The van der Waals surface area contributed by atoms with Crippen molar-refractivity contribution in [2.45, 2.75) is 38.9 Å². The number of nitrogens with zero attached hydrogens (tertiary/aromatic N) is 2. The van der Waals surface area contributed by atoms with Crippen molar-refractivity contribution < 1.29 is 9.31 Å². The third-order valence-electron chi connectivity index (χ3n) is 8.63. The molecular weight excluding hydrogens is 491 g/mol. The monoisotopic (exact) mass is 520 g/mol. The summed E-state index contributed by atoms with van der Waals surface area (Å²) in [6.45, 7) is 8.32. The molecule has 0 amide bonds. The van der Waals surface area contributed by atoms with Gasteiger partial charge in [-0.3, -0.25) is 0 Å². The quantitative estimate of drug-likeness (QED) is 0.224. The molecule has 0 radical (unpaired) electrons. The van der Waals surface area contributed by atoms with Gasteiger partial charge in [-0.2, -0.15) is 5.26 Å². The topological polar surface area (TPSA) is 47.2 Å². The van der Waals surface area contributed by atoms with Crippen LogP contribution in [-0.2, 0) is 9.31 Å². The maximum atomic E-state index is 9.59. The highest BCUT2D eigenvalue weighted by Crippen LogP contribution is 2.38. The zero-order valence-corrected chi connectivity index (χ0v) is 23.1. The molecule has 7 rings (SSSR count). The van der Waals surface area contributed by atoms with E-state index in [0.29, 0.717) is 5.56 Å². The summed E-state index contributed by atoms with van der Waals surface area (Å²) >= 11 is 0. The van der Waals surface area contributed by atoms with Gasteiger partial charge in [0.1, 0.15) is 0 Å². The van der Waals surface area contributed by atoms with Crippen LogP contribution in [0.5, 0.6) is 0 Å². The van der Waals surface area contributed by atoms with E-state index in [0.717, 1.165) is 54.9 Å². The SMILES string of the molecule is CC1(C)OB(c2ccc3cc(-c4ccc5c(c4)c4cc(C#N)ccc4n5-c4ccccc4)ccc3c2)OC1(C)C. The molecule has 40 heavy (non-hydrogen) atoms. The molecule has 5 heteroatoms. The maximum absolute atomic E-state index is 9.59. The van der Waals surface area contributed by atoms with Gasteiger partial charge in [0.25, 0.3) is 0 Å². The first kappa shape index (κ1) is 24.7. The molecule has 194 valence electrons. The van der Waals surface area contributed by atoms with Crippen molar-refractivity contribution in [2.24, 2.45) is 0 Å². The van der Waals surface area contributed by atoms with Crippen LogP contribution in [0.25, 0.3) is 49.4 Å². The van der Waals surface area contributed by atoms with E-state index >= 15 is 0 Å². The first-order chi connectivity index (χ1) is 19.2. The number of nitriles is 1. The predicted molar refractivity (Wildman–Crippen MR) is 164 cm³/mol. The lowest BCUT2D eigenvalue weighted by Crippen LogP contribution is -2.41. The highest BCUT2D eigenvalue weighted by Gasteiger charge is 2.51. The van der Waals surface area contributed by atoms with E-state index in [2.05, 4.69) is 117 Å². The van der Waals surface area contributed by atoms with E-state index < -0.39 is 0 Å². The van der Waals surface area contributed by atoms with Crippen LogP contribution in [0.15, 0.2) is 103 Å². The zero-order chi connectivity index (χ0) is 27.6. The number of aromatic nitrogens is 1. The van der Waals surface area contributed by atoms with Crippen LogP contribution in [0, 0.1) is 11.3 Å². The third kappa shape index (κ3) is 3.84. The van der Waals surface area contributed by atoms with Crippen LogP contribution in [0.4, 0.5) is 0 Å². The van der Waals surface area contributed by atoms with E-state index in [1.54, 1.807) is 0 Å². The van der Waals surface area contributed by atoms with E-state index in [9.17, 15) is 5.26 Å². The predicted octanol–water partition coefficient (Wildman–Crippen LogP) is 7.77. The zero-order valence-electron chi connectivity index (χ0n) is 23.1. The third-order valence-corrected chi connectivity index (χ3v) is 8.63. The molecule has 0 spiro atoms. The van der Waals surface area contributed by atoms with Crippen molar-refractivity contribution in [1.82, 2.24) is 4.57 Å². The molecule has 0 saturated carbocycles. The van der Waals surface area contributed by atoms with E-state index in [1.807, 2.05) is 24.3 Å². The number of fused-ring (bicyclic) bond motifs is 4. The van der Waals surface area contributed by atoms with Crippen molar-refractivity contribution in [1.29, 1.82) is 5.26 Å². The first-order valence-electron chi connectivity index (χ1n) is 13.7. The van der Waals surface area contributed by atoms with Crippen molar-refractivity contribution >= 4 is 45.2 Å². The Labute approximate surface area is 234 Å². The number of benzene rings is 5. The molecule has 1 saturated heterocycles. The summed E-state index contributed by atoms with van der Waals surface area (Å²) in [5, 5.41) is 14.1. The minimum Gasteiger partial charge on any atom is -0.399 e. The standard InChI is InChI=1S/C35H29BN2O2/c1-34(2)35(3,4)40-36(39-34)28-15-13-25-19-24(11-12-26(25)20-28)27-14-17-33-31(21-27)30-18-23(22-37)10-16-32(30)38(33)29-8-6-5-7-9-29/h5-21H,1-4H3. The Bertz CT molecular complexity index is 1970. The second-order valence-corrected chi connectivity index (χ2v) is 11.7. The molecule has 1 aromatic heterocycles. The molecule has 1 aliphatic rings. The van der Waals surface area contributed by atoms with Crippen LogP contribution < -0.4 is 5.46 Å². The highest BCUT2D eigenvalue weighted by atomic mass is 16.7. The van der Waals surface area contributed by atoms with Gasteiger partial charge in [-0.15, -0.1) is 0 Å². The largest absolute Gasteiger partial charge is 0.494 e. The minimum absolute atomic E-state index is 0.368. The summed E-state index contributed by atoms with van der Waals surface area (Å²) in [7, 11) is -0.378. The maximum Gasteiger partial charge on any atom is 0.494 e. The molecule has 0 atom stereocenters. The number of hydrogen-bond donors (Lipinski definition) is 0. The van der Waals surface area contributed by atoms with Gasteiger partial charge in [0, 0.05) is 16.5 Å². The fourth-order valence-electron chi connectivity index (χ4n) is 5.70. The van der Waals surface area contributed by atoms with Crippen LogP contribution in [0.3, 0.4) is 0 Å². The van der Waals surface area contributed by atoms with Crippen molar-refractivity contribution in [2.75, 3.05) is 0 Å². The Morgan fingerprint density at radius 1 is 0.650 bits per heavy atom. The van der Waals surface area contributed by atoms with Gasteiger partial charge in [0.05, 0.1) is 33.9 Å². The van der Waals surface area contributed by atoms with Crippen molar-refractivity contribution in [3.05, 3.63) is 109 Å². The second-order valence-electron chi connectivity index (χ2n) is 11.7. The lowest BCUT2D eigenvalue weighted by molar-refractivity contribution is 0.00578. The fraction of sp³-hybridized carbons (Fsp3) is 0.171. The molecule has 1 aliphatic heterocycles. The summed E-state index contributed by atoms with van der Waals surface area (Å²) in [5.74, 6) is 0. The Morgan fingerprint density at radius 3 is 1.98 bits per heavy atom. The molecule has 0 N–H and O–H groups in total. The average molecular weight is 520 g/mol. The van der Waals surface area contributed by atoms with Crippen LogP contribution in [-0.4, -0.2) is 22.9 Å². The summed E-state index contributed by atoms with van der Waals surface area (Å²) in [4.78, 5) is 0. The van der Waals surface area contributed by atoms with E-state index in [1.165, 1.54) is 0 Å². The molecule has 0 aliphatic carbocycles. The van der Waals surface area contributed by atoms with Crippen LogP contribution in [0.2, 0.25) is 0 Å². The Morgan fingerprint density at radius 2 is 1.25 bits per heavy atom. The van der Waals surface area contributed by atoms with Gasteiger partial charge in [0.15, 0.2) is 0 Å². The van der Waals surface area contributed by atoms with Crippen LogP contribution >= 0.6 is 0 Å². The Hall–Kier alpha value is -4.37. The molecule has 2 heterocycles. The Balaban J connectivity index is 1.32. The van der Waals surface area contributed by atoms with E-state index in [4.69, 9.17) is 9.31 Å². The molecule has 0 bridgehead atoms. The molecule has 6 aromatic rings. The van der Waals surface area contributed by atoms with Gasteiger partial charge in [-0.05, 0) is 104 Å². The lowest BCUT2D eigenvalue weighted by Gasteiger charge is -2.32. The summed E-state index contributed by atoms with van der Waals surface area (Å²) in [5.41, 5.74) is 6.55. The summed E-state index contributed by atoms with van der Waals surface area (Å²) < 4.78 is 14.8. The fourth-order valence-corrected chi connectivity index (χ4v) is 5.70. The van der Waals surface area contributed by atoms with Gasteiger partial charge in [0.2, 0.25) is 0 Å². The molecule has 0 unspecified atom stereocenters. The number of para-hydroxylation sites is 1. The van der Waals surface area contributed by atoms with Gasteiger partial charge in [-0.25, -0.2) is 0 Å². The number of rotatable bonds is 3. The first-order valence-corrected chi connectivity index (χ1v) is 13.7. The van der Waals surface area contributed by atoms with Gasteiger partial charge >= 0.3 is 7.12 Å². The molecule has 5 aromatic carbocycles. The smallest absolute Gasteiger partial charge is 0.399 e. The molecular formula is C35H29BN2O2. The second kappa shape index (κ2) is 8.82. The lowest BCUT2D eigenvalue weighted by atomic mass is 9.78. The number of hydrogen-bond acceptors (Lipinski definition) is 3. The molecule has 1 fully saturated rings. The summed E-state index contributed by atoms with van der Waals surface area (Å²) in [6, 6.07) is 38.2. The highest BCUT2D eigenvalue weighted by molar-refractivity contribution is 6.62. The van der Waals surface area contributed by atoms with Crippen LogP contribution in [0.1, 0.15) is 33.3 Å². The van der Waals surface area contributed by atoms with Gasteiger partial charge in [-0.1, -0.05) is 54.6 Å². The minimum atomic E-state index is -0.378. The molecule has 4 nitrogen and oxygen atoms in total. The summed E-state index contributed by atoms with van der Waals surface area (Å²) in [6.07, 6.45) is 0. The average Bonchev–Trinajstić information content (AvgIpc) is 3.40. The van der Waals surface area contributed by atoms with Gasteiger partial charge < -0.3 is 13.9 Å². The van der Waals surface area contributed by atoms with Crippen molar-refractivity contribution in [3.63, 3.8) is 0 Å². The Kier molecular flexibility index (Phi) is 5.44. The van der Waals surface area contributed by atoms with E-state index in [-0.39, 0.29) is 18.3 Å².